The van der Waals surface area contributed by atoms with Gasteiger partial charge in [0.2, 0.25) is 0 Å². The molecule has 3 heterocycles. The number of amides is 1. The summed E-state index contributed by atoms with van der Waals surface area (Å²) in [7, 11) is 1.41. The molecule has 24 heavy (non-hydrogen) atoms. The van der Waals surface area contributed by atoms with Crippen molar-refractivity contribution in [3.05, 3.63) is 36.3 Å². The predicted octanol–water partition coefficient (Wildman–Crippen LogP) is 2.35. The van der Waals surface area contributed by atoms with Gasteiger partial charge >= 0.3 is 6.09 Å². The molecule has 2 aromatic rings. The minimum absolute atomic E-state index is 0.257. The van der Waals surface area contributed by atoms with Crippen LogP contribution in [-0.4, -0.2) is 52.7 Å². The van der Waals surface area contributed by atoms with Crippen LogP contribution in [0.1, 0.15) is 12.2 Å². The smallest absolute Gasteiger partial charge is 0.409 e. The zero-order chi connectivity index (χ0) is 16.9. The molecule has 0 saturated carbocycles. The van der Waals surface area contributed by atoms with Crippen molar-refractivity contribution in [2.24, 2.45) is 5.92 Å². The molecule has 0 bridgehead atoms. The van der Waals surface area contributed by atoms with Crippen molar-refractivity contribution in [1.82, 2.24) is 19.9 Å². The fourth-order valence-electron chi connectivity index (χ4n) is 2.85. The Bertz CT molecular complexity index is 707. The molecule has 1 saturated heterocycles. The summed E-state index contributed by atoms with van der Waals surface area (Å²) in [6, 6.07) is 7.65. The van der Waals surface area contributed by atoms with E-state index in [9.17, 15) is 4.79 Å². The van der Waals surface area contributed by atoms with E-state index in [-0.39, 0.29) is 6.09 Å². The molecular weight excluding hydrogens is 306 g/mol. The van der Waals surface area contributed by atoms with E-state index in [4.69, 9.17) is 4.74 Å². The highest BCUT2D eigenvalue weighted by atomic mass is 16.5. The van der Waals surface area contributed by atoms with Crippen molar-refractivity contribution in [3.63, 3.8) is 0 Å². The molecule has 1 aliphatic rings. The van der Waals surface area contributed by atoms with Crippen molar-refractivity contribution in [1.29, 1.82) is 0 Å². The monoisotopic (exact) mass is 327 g/mol. The van der Waals surface area contributed by atoms with Crippen LogP contribution >= 0.6 is 0 Å². The molecule has 1 N–H and O–H groups in total. The maximum Gasteiger partial charge on any atom is 0.409 e. The minimum atomic E-state index is -0.257. The second kappa shape index (κ2) is 7.25. The quantitative estimate of drug-likeness (QED) is 0.928. The Labute approximate surface area is 141 Å². The summed E-state index contributed by atoms with van der Waals surface area (Å²) < 4.78 is 4.76. The number of ether oxygens (including phenoxy) is 1. The van der Waals surface area contributed by atoms with Crippen LogP contribution in [0, 0.1) is 12.8 Å². The van der Waals surface area contributed by atoms with Gasteiger partial charge in [0.25, 0.3) is 0 Å². The summed E-state index contributed by atoms with van der Waals surface area (Å²) in [5.41, 5.74) is 1.62. The van der Waals surface area contributed by atoms with E-state index in [1.807, 2.05) is 31.2 Å². The number of carbonyl (C=O) groups excluding carboxylic acids is 1. The lowest BCUT2D eigenvalue weighted by molar-refractivity contribution is 0.132. The van der Waals surface area contributed by atoms with Crippen LogP contribution in [0.2, 0.25) is 0 Å². The summed E-state index contributed by atoms with van der Waals surface area (Å²) in [6.07, 6.45) is 2.45. The first-order valence-corrected chi connectivity index (χ1v) is 7.99. The second-order valence-corrected chi connectivity index (χ2v) is 5.85. The number of aryl methyl sites for hydroxylation is 1. The van der Waals surface area contributed by atoms with Gasteiger partial charge in [-0.15, -0.1) is 0 Å². The van der Waals surface area contributed by atoms with Gasteiger partial charge in [-0.2, -0.15) is 0 Å². The molecule has 1 fully saturated rings. The molecule has 3 rings (SSSR count). The first-order chi connectivity index (χ1) is 11.7. The van der Waals surface area contributed by atoms with Crippen molar-refractivity contribution in [2.45, 2.75) is 13.3 Å². The molecule has 126 valence electrons. The standard InChI is InChI=1S/C17H21N5O2/c1-12-20-15(14-5-3-4-7-18-14)9-16(21-12)19-10-13-6-8-22(11-13)17(23)24-2/h3-5,7,9,13H,6,8,10-11H2,1-2H3,(H,19,20,21). The normalized spacial score (nSPS) is 16.9. The number of rotatable bonds is 4. The molecule has 0 spiro atoms. The fourth-order valence-corrected chi connectivity index (χ4v) is 2.85. The third-order valence-electron chi connectivity index (χ3n) is 4.06. The highest BCUT2D eigenvalue weighted by Gasteiger charge is 2.26. The van der Waals surface area contributed by atoms with Gasteiger partial charge in [-0.3, -0.25) is 4.98 Å². The maximum absolute atomic E-state index is 11.5. The Morgan fingerprint density at radius 2 is 2.25 bits per heavy atom. The number of hydrogen-bond acceptors (Lipinski definition) is 6. The number of carbonyl (C=O) groups is 1. The van der Waals surface area contributed by atoms with Crippen molar-refractivity contribution in [3.8, 4) is 11.4 Å². The number of nitrogens with one attached hydrogen (secondary N) is 1. The Hall–Kier alpha value is -2.70. The van der Waals surface area contributed by atoms with Crippen LogP contribution in [0.5, 0.6) is 0 Å². The lowest BCUT2D eigenvalue weighted by Gasteiger charge is -2.15. The average Bonchev–Trinajstić information content (AvgIpc) is 3.08. The van der Waals surface area contributed by atoms with Gasteiger partial charge in [-0.25, -0.2) is 14.8 Å². The first kappa shape index (κ1) is 16.2. The summed E-state index contributed by atoms with van der Waals surface area (Å²) in [5.74, 6) is 1.86. The van der Waals surface area contributed by atoms with E-state index < -0.39 is 0 Å². The van der Waals surface area contributed by atoms with Gasteiger partial charge in [0.15, 0.2) is 0 Å². The SMILES string of the molecule is COC(=O)N1CCC(CNc2cc(-c3ccccn3)nc(C)n2)C1. The molecule has 7 nitrogen and oxygen atoms in total. The van der Waals surface area contributed by atoms with E-state index in [0.717, 1.165) is 36.7 Å². The van der Waals surface area contributed by atoms with Crippen LogP contribution in [0.3, 0.4) is 0 Å². The highest BCUT2D eigenvalue weighted by Crippen LogP contribution is 2.20. The molecule has 1 amide bonds. The van der Waals surface area contributed by atoms with Crippen LogP contribution in [0.4, 0.5) is 10.6 Å². The van der Waals surface area contributed by atoms with Gasteiger partial charge in [-0.05, 0) is 31.4 Å². The molecule has 7 heteroatoms. The number of nitrogens with zero attached hydrogens (tertiary/aromatic N) is 4. The predicted molar refractivity (Wildman–Crippen MR) is 90.6 cm³/mol. The van der Waals surface area contributed by atoms with Crippen molar-refractivity contribution >= 4 is 11.9 Å². The largest absolute Gasteiger partial charge is 0.453 e. The van der Waals surface area contributed by atoms with E-state index in [0.29, 0.717) is 18.3 Å². The number of pyridine rings is 1. The number of likely N-dealkylation sites (tertiary alicyclic amines) is 1. The van der Waals surface area contributed by atoms with E-state index in [1.165, 1.54) is 7.11 Å². The molecule has 1 aliphatic heterocycles. The first-order valence-electron chi connectivity index (χ1n) is 7.99. The maximum atomic E-state index is 11.5. The molecular formula is C17H21N5O2. The zero-order valence-corrected chi connectivity index (χ0v) is 13.9. The minimum Gasteiger partial charge on any atom is -0.453 e. The number of hydrogen-bond donors (Lipinski definition) is 1. The molecule has 2 aromatic heterocycles. The van der Waals surface area contributed by atoms with Crippen LogP contribution in [0.25, 0.3) is 11.4 Å². The summed E-state index contributed by atoms with van der Waals surface area (Å²) in [6.45, 7) is 4.07. The third-order valence-corrected chi connectivity index (χ3v) is 4.06. The Kier molecular flexibility index (Phi) is 4.88. The van der Waals surface area contributed by atoms with Gasteiger partial charge in [0, 0.05) is 31.9 Å². The van der Waals surface area contributed by atoms with Crippen LogP contribution in [0.15, 0.2) is 30.5 Å². The number of methoxy groups -OCH3 is 1. The molecule has 1 unspecified atom stereocenters. The highest BCUT2D eigenvalue weighted by molar-refractivity contribution is 5.67. The zero-order valence-electron chi connectivity index (χ0n) is 13.9. The second-order valence-electron chi connectivity index (χ2n) is 5.85. The topological polar surface area (TPSA) is 80.2 Å². The van der Waals surface area contributed by atoms with Gasteiger partial charge in [0.05, 0.1) is 18.5 Å². The lowest BCUT2D eigenvalue weighted by atomic mass is 10.1. The summed E-state index contributed by atoms with van der Waals surface area (Å²) in [4.78, 5) is 26.5. The van der Waals surface area contributed by atoms with Gasteiger partial charge in [0.1, 0.15) is 11.6 Å². The lowest BCUT2D eigenvalue weighted by Crippen LogP contribution is -2.29. The van der Waals surface area contributed by atoms with Gasteiger partial charge < -0.3 is 15.0 Å². The Morgan fingerprint density at radius 1 is 1.38 bits per heavy atom. The van der Waals surface area contributed by atoms with E-state index in [2.05, 4.69) is 20.3 Å². The molecule has 0 aliphatic carbocycles. The van der Waals surface area contributed by atoms with Crippen LogP contribution < -0.4 is 5.32 Å². The number of aromatic nitrogens is 3. The molecule has 0 radical (unpaired) electrons. The average molecular weight is 327 g/mol. The Morgan fingerprint density at radius 3 is 3.00 bits per heavy atom. The van der Waals surface area contributed by atoms with Crippen LogP contribution in [-0.2, 0) is 4.74 Å². The molecule has 0 aromatic carbocycles. The fraction of sp³-hybridized carbons (Fsp3) is 0.412. The van der Waals surface area contributed by atoms with E-state index in [1.54, 1.807) is 11.1 Å². The third kappa shape index (κ3) is 3.79. The summed E-state index contributed by atoms with van der Waals surface area (Å²) in [5, 5.41) is 3.36. The van der Waals surface area contributed by atoms with Crippen molar-refractivity contribution in [2.75, 3.05) is 32.1 Å². The van der Waals surface area contributed by atoms with E-state index >= 15 is 0 Å². The van der Waals surface area contributed by atoms with Gasteiger partial charge in [-0.1, -0.05) is 6.07 Å². The summed E-state index contributed by atoms with van der Waals surface area (Å²) >= 11 is 0. The number of anilines is 1. The molecule has 1 atom stereocenters. The van der Waals surface area contributed by atoms with Crippen molar-refractivity contribution < 1.29 is 9.53 Å². The Balaban J connectivity index is 1.64.